The van der Waals surface area contributed by atoms with Crippen LogP contribution in [0.3, 0.4) is 0 Å². The summed E-state index contributed by atoms with van der Waals surface area (Å²) in [7, 11) is 3.44. The van der Waals surface area contributed by atoms with Crippen molar-refractivity contribution in [2.45, 2.75) is 32.4 Å². The van der Waals surface area contributed by atoms with Crippen LogP contribution in [0.1, 0.15) is 25.3 Å². The van der Waals surface area contributed by atoms with Crippen molar-refractivity contribution in [2.75, 3.05) is 20.8 Å². The third-order valence-electron chi connectivity index (χ3n) is 3.13. The second-order valence-electron chi connectivity index (χ2n) is 4.76. The summed E-state index contributed by atoms with van der Waals surface area (Å²) >= 11 is 0. The molecule has 1 saturated carbocycles. The van der Waals surface area contributed by atoms with E-state index in [1.807, 2.05) is 25.1 Å². The van der Waals surface area contributed by atoms with Crippen LogP contribution in [0.25, 0.3) is 0 Å². The van der Waals surface area contributed by atoms with Gasteiger partial charge in [0.15, 0.2) is 17.5 Å². The number of rotatable bonds is 6. The van der Waals surface area contributed by atoms with Crippen molar-refractivity contribution >= 4 is 5.96 Å². The van der Waals surface area contributed by atoms with E-state index < -0.39 is 0 Å². The highest BCUT2D eigenvalue weighted by Crippen LogP contribution is 2.28. The third-order valence-corrected chi connectivity index (χ3v) is 3.13. The Balaban J connectivity index is 1.94. The van der Waals surface area contributed by atoms with E-state index in [0.717, 1.165) is 23.0 Å². The quantitative estimate of drug-likeness (QED) is 0.616. The molecule has 1 fully saturated rings. The number of benzene rings is 1. The van der Waals surface area contributed by atoms with Crippen LogP contribution in [-0.4, -0.2) is 32.8 Å². The first-order valence-electron chi connectivity index (χ1n) is 7.03. The lowest BCUT2D eigenvalue weighted by atomic mass is 10.2. The van der Waals surface area contributed by atoms with E-state index in [-0.39, 0.29) is 0 Å². The van der Waals surface area contributed by atoms with E-state index in [1.54, 1.807) is 14.2 Å². The van der Waals surface area contributed by atoms with Gasteiger partial charge in [0.25, 0.3) is 0 Å². The Hall–Kier alpha value is -1.91. The zero-order chi connectivity index (χ0) is 14.4. The van der Waals surface area contributed by atoms with Crippen LogP contribution in [-0.2, 0) is 6.54 Å². The van der Waals surface area contributed by atoms with Gasteiger partial charge in [0.05, 0.1) is 13.7 Å². The third kappa shape index (κ3) is 4.05. The topological polar surface area (TPSA) is 54.9 Å². The zero-order valence-corrected chi connectivity index (χ0v) is 12.4. The van der Waals surface area contributed by atoms with E-state index in [9.17, 15) is 0 Å². The van der Waals surface area contributed by atoms with Crippen LogP contribution in [0.2, 0.25) is 0 Å². The minimum absolute atomic E-state index is 0.594. The summed E-state index contributed by atoms with van der Waals surface area (Å²) in [6.07, 6.45) is 2.47. The Bertz CT molecular complexity index is 470. The van der Waals surface area contributed by atoms with Crippen LogP contribution in [0, 0.1) is 0 Å². The molecule has 2 N–H and O–H groups in total. The van der Waals surface area contributed by atoms with Gasteiger partial charge in [0.1, 0.15) is 0 Å². The summed E-state index contributed by atoms with van der Waals surface area (Å²) in [6, 6.07) is 6.56. The maximum Gasteiger partial charge on any atom is 0.191 e. The fourth-order valence-corrected chi connectivity index (χ4v) is 1.90. The van der Waals surface area contributed by atoms with Crippen LogP contribution >= 0.6 is 0 Å². The molecule has 0 unspecified atom stereocenters. The van der Waals surface area contributed by atoms with Gasteiger partial charge in [0.2, 0.25) is 0 Å². The van der Waals surface area contributed by atoms with E-state index in [0.29, 0.717) is 19.2 Å². The standard InChI is InChI=1S/C15H23N3O2/c1-4-20-13-8-5-11(9-14(13)19-3)10-17-15(16-2)18-12-6-7-12/h5,8-9,12H,4,6-7,10H2,1-3H3,(H2,16,17,18). The Kier molecular flexibility index (Phi) is 5.09. The first kappa shape index (κ1) is 14.5. The van der Waals surface area contributed by atoms with E-state index in [1.165, 1.54) is 12.8 Å². The molecule has 110 valence electrons. The van der Waals surface area contributed by atoms with Crippen LogP contribution < -0.4 is 20.1 Å². The summed E-state index contributed by atoms with van der Waals surface area (Å²) in [5.41, 5.74) is 1.13. The van der Waals surface area contributed by atoms with Gasteiger partial charge in [0, 0.05) is 19.6 Å². The highest BCUT2D eigenvalue weighted by atomic mass is 16.5. The number of methoxy groups -OCH3 is 1. The number of nitrogens with one attached hydrogen (secondary N) is 2. The fraction of sp³-hybridized carbons (Fsp3) is 0.533. The molecule has 1 aromatic carbocycles. The van der Waals surface area contributed by atoms with Gasteiger partial charge in [-0.25, -0.2) is 0 Å². The predicted octanol–water partition coefficient (Wildman–Crippen LogP) is 1.92. The molecule has 0 heterocycles. The van der Waals surface area contributed by atoms with Gasteiger partial charge >= 0.3 is 0 Å². The predicted molar refractivity (Wildman–Crippen MR) is 80.5 cm³/mol. The maximum absolute atomic E-state index is 5.51. The van der Waals surface area contributed by atoms with Gasteiger partial charge in [-0.1, -0.05) is 6.07 Å². The highest BCUT2D eigenvalue weighted by molar-refractivity contribution is 5.80. The van der Waals surface area contributed by atoms with Crippen molar-refractivity contribution in [1.29, 1.82) is 0 Å². The largest absolute Gasteiger partial charge is 0.493 e. The summed E-state index contributed by atoms with van der Waals surface area (Å²) in [5.74, 6) is 2.39. The first-order chi connectivity index (χ1) is 9.76. The minimum Gasteiger partial charge on any atom is -0.493 e. The van der Waals surface area contributed by atoms with Crippen molar-refractivity contribution in [3.05, 3.63) is 23.8 Å². The van der Waals surface area contributed by atoms with Crippen molar-refractivity contribution in [3.8, 4) is 11.5 Å². The molecule has 0 aliphatic heterocycles. The van der Waals surface area contributed by atoms with Gasteiger partial charge in [-0.15, -0.1) is 0 Å². The van der Waals surface area contributed by atoms with Crippen LogP contribution in [0.5, 0.6) is 11.5 Å². The SMILES string of the molecule is CCOc1ccc(CNC(=NC)NC2CC2)cc1OC. The van der Waals surface area contributed by atoms with Crippen molar-refractivity contribution in [1.82, 2.24) is 10.6 Å². The second-order valence-corrected chi connectivity index (χ2v) is 4.76. The molecule has 5 nitrogen and oxygen atoms in total. The summed E-state index contributed by atoms with van der Waals surface area (Å²) in [5, 5.41) is 6.66. The van der Waals surface area contributed by atoms with Crippen molar-refractivity contribution in [2.24, 2.45) is 4.99 Å². The Morgan fingerprint density at radius 1 is 1.35 bits per heavy atom. The summed E-state index contributed by atoms with van der Waals surface area (Å²) < 4.78 is 10.9. The van der Waals surface area contributed by atoms with Crippen LogP contribution in [0.15, 0.2) is 23.2 Å². The lowest BCUT2D eigenvalue weighted by Crippen LogP contribution is -2.38. The lowest BCUT2D eigenvalue weighted by Gasteiger charge is -2.13. The number of aliphatic imine (C=N–C) groups is 1. The lowest BCUT2D eigenvalue weighted by molar-refractivity contribution is 0.310. The minimum atomic E-state index is 0.594. The molecule has 0 spiro atoms. The van der Waals surface area contributed by atoms with Crippen molar-refractivity contribution in [3.63, 3.8) is 0 Å². The van der Waals surface area contributed by atoms with Gasteiger partial charge in [-0.05, 0) is 37.5 Å². The maximum atomic E-state index is 5.51. The molecule has 0 saturated heterocycles. The molecule has 0 bridgehead atoms. The molecular formula is C15H23N3O2. The molecule has 1 aromatic rings. The van der Waals surface area contributed by atoms with E-state index in [2.05, 4.69) is 15.6 Å². The monoisotopic (exact) mass is 277 g/mol. The Morgan fingerprint density at radius 3 is 2.75 bits per heavy atom. The molecule has 0 aromatic heterocycles. The number of guanidine groups is 1. The Morgan fingerprint density at radius 2 is 2.15 bits per heavy atom. The van der Waals surface area contributed by atoms with Crippen LogP contribution in [0.4, 0.5) is 0 Å². The molecule has 0 radical (unpaired) electrons. The smallest absolute Gasteiger partial charge is 0.191 e. The van der Waals surface area contributed by atoms with Gasteiger partial charge in [-0.2, -0.15) is 0 Å². The zero-order valence-electron chi connectivity index (χ0n) is 12.4. The fourth-order valence-electron chi connectivity index (χ4n) is 1.90. The summed E-state index contributed by atoms with van der Waals surface area (Å²) in [4.78, 5) is 4.21. The van der Waals surface area contributed by atoms with E-state index in [4.69, 9.17) is 9.47 Å². The molecule has 1 aliphatic rings. The normalized spacial score (nSPS) is 14.8. The average molecular weight is 277 g/mol. The number of hydrogen-bond acceptors (Lipinski definition) is 3. The molecule has 20 heavy (non-hydrogen) atoms. The van der Waals surface area contributed by atoms with Crippen molar-refractivity contribution < 1.29 is 9.47 Å². The molecule has 0 atom stereocenters. The number of ether oxygens (including phenoxy) is 2. The molecular weight excluding hydrogens is 254 g/mol. The van der Waals surface area contributed by atoms with Gasteiger partial charge in [-0.3, -0.25) is 4.99 Å². The first-order valence-corrected chi connectivity index (χ1v) is 7.03. The average Bonchev–Trinajstić information content (AvgIpc) is 3.28. The molecule has 1 aliphatic carbocycles. The molecule has 0 amide bonds. The number of nitrogens with zero attached hydrogens (tertiary/aromatic N) is 1. The van der Waals surface area contributed by atoms with E-state index >= 15 is 0 Å². The summed E-state index contributed by atoms with van der Waals surface area (Å²) in [6.45, 7) is 3.30. The highest BCUT2D eigenvalue weighted by Gasteiger charge is 2.22. The molecule has 2 rings (SSSR count). The Labute approximate surface area is 120 Å². The second kappa shape index (κ2) is 7.03. The molecule has 5 heteroatoms. The number of hydrogen-bond donors (Lipinski definition) is 2. The van der Waals surface area contributed by atoms with Gasteiger partial charge < -0.3 is 20.1 Å².